The predicted molar refractivity (Wildman–Crippen MR) is 71.0 cm³/mol. The summed E-state index contributed by atoms with van der Waals surface area (Å²) < 4.78 is 5.03. The second-order valence-corrected chi connectivity index (χ2v) is 5.62. The molecule has 1 aliphatic heterocycles. The number of carbonyl (C=O) groups excluding carboxylic acids is 2. The van der Waals surface area contributed by atoms with E-state index >= 15 is 0 Å². The SMILES string of the molecule is CC(C)(C)/C=C1/OC(=O)N(Cc2ccccc2)C1=O. The van der Waals surface area contributed by atoms with E-state index in [2.05, 4.69) is 0 Å². The largest absolute Gasteiger partial charge is 0.422 e. The van der Waals surface area contributed by atoms with Gasteiger partial charge in [-0.2, -0.15) is 0 Å². The highest BCUT2D eigenvalue weighted by molar-refractivity contribution is 6.07. The van der Waals surface area contributed by atoms with Gasteiger partial charge in [0.05, 0.1) is 6.54 Å². The third-order valence-corrected chi connectivity index (χ3v) is 2.62. The molecule has 0 aliphatic carbocycles. The lowest BCUT2D eigenvalue weighted by atomic mass is 9.96. The van der Waals surface area contributed by atoms with E-state index in [1.807, 2.05) is 51.1 Å². The van der Waals surface area contributed by atoms with Crippen molar-refractivity contribution in [1.29, 1.82) is 0 Å². The first-order valence-corrected chi connectivity index (χ1v) is 6.17. The fourth-order valence-corrected chi connectivity index (χ4v) is 1.80. The Bertz CT molecular complexity index is 526. The van der Waals surface area contributed by atoms with Gasteiger partial charge in [-0.1, -0.05) is 51.1 Å². The molecule has 0 spiro atoms. The molecule has 1 aliphatic rings. The number of imide groups is 1. The van der Waals surface area contributed by atoms with Crippen molar-refractivity contribution in [3.05, 3.63) is 47.7 Å². The normalized spacial score (nSPS) is 18.1. The number of nitrogens with zero attached hydrogens (tertiary/aromatic N) is 1. The molecule has 1 aromatic rings. The van der Waals surface area contributed by atoms with E-state index in [0.29, 0.717) is 0 Å². The minimum atomic E-state index is -0.607. The van der Waals surface area contributed by atoms with Crippen LogP contribution in [0.1, 0.15) is 26.3 Å². The Labute approximate surface area is 112 Å². The molecule has 0 aromatic heterocycles. The van der Waals surface area contributed by atoms with Crippen molar-refractivity contribution < 1.29 is 14.3 Å². The summed E-state index contributed by atoms with van der Waals surface area (Å²) in [4.78, 5) is 25.0. The van der Waals surface area contributed by atoms with E-state index in [-0.39, 0.29) is 23.6 Å². The van der Waals surface area contributed by atoms with Gasteiger partial charge < -0.3 is 4.74 Å². The van der Waals surface area contributed by atoms with Gasteiger partial charge in [-0.3, -0.25) is 4.79 Å². The van der Waals surface area contributed by atoms with Crippen molar-refractivity contribution in [2.75, 3.05) is 0 Å². The fraction of sp³-hybridized carbons (Fsp3) is 0.333. The van der Waals surface area contributed by atoms with E-state index in [0.717, 1.165) is 10.5 Å². The first-order chi connectivity index (χ1) is 8.87. The minimum Gasteiger partial charge on any atom is -0.404 e. The number of benzene rings is 1. The van der Waals surface area contributed by atoms with Crippen LogP contribution in [0.25, 0.3) is 0 Å². The average molecular weight is 259 g/mol. The number of hydrogen-bond acceptors (Lipinski definition) is 3. The summed E-state index contributed by atoms with van der Waals surface area (Å²) >= 11 is 0. The molecule has 2 amide bonds. The van der Waals surface area contributed by atoms with Gasteiger partial charge in [-0.05, 0) is 17.1 Å². The molecule has 1 heterocycles. The summed E-state index contributed by atoms with van der Waals surface area (Å²) in [6.45, 7) is 6.07. The highest BCUT2D eigenvalue weighted by atomic mass is 16.6. The van der Waals surface area contributed by atoms with Gasteiger partial charge >= 0.3 is 6.09 Å². The average Bonchev–Trinajstić information content (AvgIpc) is 2.56. The standard InChI is InChI=1S/C15H17NO3/c1-15(2,3)9-12-13(17)16(14(18)19-12)10-11-7-5-4-6-8-11/h4-9H,10H2,1-3H3/b12-9+. The molecule has 2 rings (SSSR count). The Morgan fingerprint density at radius 2 is 1.79 bits per heavy atom. The third kappa shape index (κ3) is 3.22. The number of allylic oxidation sites excluding steroid dienone is 1. The van der Waals surface area contributed by atoms with Gasteiger partial charge in [0.15, 0.2) is 5.76 Å². The van der Waals surface area contributed by atoms with E-state index in [1.54, 1.807) is 6.08 Å². The maximum Gasteiger partial charge on any atom is 0.422 e. The minimum absolute atomic E-state index is 0.119. The molecule has 0 radical (unpaired) electrons. The van der Waals surface area contributed by atoms with E-state index in [1.165, 1.54) is 0 Å². The molecule has 0 N–H and O–H groups in total. The Hall–Kier alpha value is -2.10. The van der Waals surface area contributed by atoms with Crippen LogP contribution in [0.15, 0.2) is 42.2 Å². The molecular weight excluding hydrogens is 242 g/mol. The first-order valence-electron chi connectivity index (χ1n) is 6.17. The maximum absolute atomic E-state index is 12.1. The molecule has 0 atom stereocenters. The Morgan fingerprint density at radius 3 is 2.37 bits per heavy atom. The number of ether oxygens (including phenoxy) is 1. The molecule has 100 valence electrons. The lowest BCUT2D eigenvalue weighted by molar-refractivity contribution is -0.123. The van der Waals surface area contributed by atoms with Crippen LogP contribution in [0.2, 0.25) is 0 Å². The summed E-state index contributed by atoms with van der Waals surface area (Å²) in [7, 11) is 0. The molecule has 19 heavy (non-hydrogen) atoms. The Morgan fingerprint density at radius 1 is 1.16 bits per heavy atom. The van der Waals surface area contributed by atoms with Gasteiger partial charge in [0.25, 0.3) is 5.91 Å². The predicted octanol–water partition coefficient (Wildman–Crippen LogP) is 3.10. The monoisotopic (exact) mass is 259 g/mol. The molecule has 1 saturated heterocycles. The second kappa shape index (κ2) is 4.88. The van der Waals surface area contributed by atoms with E-state index in [4.69, 9.17) is 4.74 Å². The molecule has 1 aromatic carbocycles. The van der Waals surface area contributed by atoms with Gasteiger partial charge in [-0.15, -0.1) is 0 Å². The van der Waals surface area contributed by atoms with Crippen molar-refractivity contribution in [1.82, 2.24) is 4.90 Å². The fourth-order valence-electron chi connectivity index (χ4n) is 1.80. The van der Waals surface area contributed by atoms with Gasteiger partial charge in [0, 0.05) is 0 Å². The molecule has 0 bridgehead atoms. The number of carbonyl (C=O) groups is 2. The second-order valence-electron chi connectivity index (χ2n) is 5.62. The van der Waals surface area contributed by atoms with Crippen LogP contribution in [-0.2, 0) is 16.1 Å². The summed E-state index contributed by atoms with van der Waals surface area (Å²) in [6, 6.07) is 9.36. The third-order valence-electron chi connectivity index (χ3n) is 2.62. The highest BCUT2D eigenvalue weighted by Gasteiger charge is 2.37. The van der Waals surface area contributed by atoms with E-state index in [9.17, 15) is 9.59 Å². The summed E-state index contributed by atoms with van der Waals surface area (Å²) in [5, 5.41) is 0. The Balaban J connectivity index is 2.18. The van der Waals surface area contributed by atoms with Crippen LogP contribution in [0.3, 0.4) is 0 Å². The van der Waals surface area contributed by atoms with Crippen LogP contribution in [0.5, 0.6) is 0 Å². The van der Waals surface area contributed by atoms with Crippen LogP contribution < -0.4 is 0 Å². The van der Waals surface area contributed by atoms with Gasteiger partial charge in [-0.25, -0.2) is 9.69 Å². The zero-order valence-electron chi connectivity index (χ0n) is 11.3. The molecule has 4 nitrogen and oxygen atoms in total. The Kier molecular flexibility index (Phi) is 3.42. The highest BCUT2D eigenvalue weighted by Crippen LogP contribution is 2.25. The lowest BCUT2D eigenvalue weighted by Gasteiger charge is -2.12. The molecule has 1 fully saturated rings. The van der Waals surface area contributed by atoms with Crippen LogP contribution in [0, 0.1) is 5.41 Å². The maximum atomic E-state index is 12.1. The number of hydrogen-bond donors (Lipinski definition) is 0. The molecule has 4 heteroatoms. The number of cyclic esters (lactones) is 1. The summed E-state index contributed by atoms with van der Waals surface area (Å²) in [5.41, 5.74) is 0.679. The first kappa shape index (κ1) is 13.3. The van der Waals surface area contributed by atoms with Gasteiger partial charge in [0.1, 0.15) is 0 Å². The summed E-state index contributed by atoms with van der Waals surface area (Å²) in [5.74, 6) is -0.253. The van der Waals surface area contributed by atoms with Crippen molar-refractivity contribution in [3.63, 3.8) is 0 Å². The number of rotatable bonds is 2. The van der Waals surface area contributed by atoms with Crippen LogP contribution >= 0.6 is 0 Å². The van der Waals surface area contributed by atoms with Crippen molar-refractivity contribution >= 4 is 12.0 Å². The zero-order chi connectivity index (χ0) is 14.0. The van der Waals surface area contributed by atoms with Crippen LogP contribution in [-0.4, -0.2) is 16.9 Å². The van der Waals surface area contributed by atoms with Crippen molar-refractivity contribution in [3.8, 4) is 0 Å². The molecular formula is C15H17NO3. The van der Waals surface area contributed by atoms with Crippen molar-refractivity contribution in [2.45, 2.75) is 27.3 Å². The quantitative estimate of drug-likeness (QED) is 0.767. The topological polar surface area (TPSA) is 46.6 Å². The smallest absolute Gasteiger partial charge is 0.404 e. The summed E-state index contributed by atoms with van der Waals surface area (Å²) in [6.07, 6.45) is 1.07. The zero-order valence-corrected chi connectivity index (χ0v) is 11.3. The van der Waals surface area contributed by atoms with E-state index < -0.39 is 6.09 Å². The molecule has 0 unspecified atom stereocenters. The number of amides is 2. The van der Waals surface area contributed by atoms with Crippen LogP contribution in [0.4, 0.5) is 4.79 Å². The van der Waals surface area contributed by atoms with Crippen molar-refractivity contribution in [2.24, 2.45) is 5.41 Å². The van der Waals surface area contributed by atoms with Gasteiger partial charge in [0.2, 0.25) is 0 Å². The molecule has 0 saturated carbocycles. The lowest BCUT2D eigenvalue weighted by Crippen LogP contribution is -2.28.